The summed E-state index contributed by atoms with van der Waals surface area (Å²) in [7, 11) is 0. The Balaban J connectivity index is 1.55. The minimum Gasteiger partial charge on any atom is -0.452 e. The Bertz CT molecular complexity index is 1250. The quantitative estimate of drug-likeness (QED) is 0.509. The van der Waals surface area contributed by atoms with Crippen molar-refractivity contribution in [3.05, 3.63) is 100 Å². The lowest BCUT2D eigenvalue weighted by Gasteiger charge is -2.19. The third-order valence-electron chi connectivity index (χ3n) is 4.73. The Hall–Kier alpha value is -4.20. The second-order valence-electron chi connectivity index (χ2n) is 6.65. The summed E-state index contributed by atoms with van der Waals surface area (Å²) in [5.74, 6) is -4.90. The van der Waals surface area contributed by atoms with Crippen LogP contribution in [0.15, 0.2) is 60.7 Å². The van der Waals surface area contributed by atoms with Crippen LogP contribution in [0.25, 0.3) is 0 Å². The van der Waals surface area contributed by atoms with Crippen molar-refractivity contribution < 1.29 is 32.7 Å². The molecule has 0 aromatic heterocycles. The second kappa shape index (κ2) is 7.91. The van der Waals surface area contributed by atoms with Gasteiger partial charge in [0.15, 0.2) is 18.2 Å². The van der Waals surface area contributed by atoms with Crippen molar-refractivity contribution in [3.8, 4) is 0 Å². The van der Waals surface area contributed by atoms with Gasteiger partial charge in [0.1, 0.15) is 17.3 Å². The molecule has 0 bridgehead atoms. The maximum absolute atomic E-state index is 13.6. The zero-order valence-corrected chi connectivity index (χ0v) is 15.8. The van der Waals surface area contributed by atoms with Crippen molar-refractivity contribution in [2.75, 3.05) is 11.9 Å². The highest BCUT2D eigenvalue weighted by molar-refractivity contribution is 6.30. The van der Waals surface area contributed by atoms with Crippen LogP contribution in [0.3, 0.4) is 0 Å². The highest BCUT2D eigenvalue weighted by Crippen LogP contribution is 2.29. The van der Waals surface area contributed by atoms with Crippen molar-refractivity contribution in [1.29, 1.82) is 0 Å². The summed E-state index contributed by atoms with van der Waals surface area (Å²) in [6, 6.07) is 13.4. The molecule has 0 fully saturated rings. The highest BCUT2D eigenvalue weighted by atomic mass is 19.1. The molecule has 3 aromatic rings. The molecule has 0 radical (unpaired) electrons. The normalized spacial score (nSPS) is 12.1. The molecule has 31 heavy (non-hydrogen) atoms. The molecule has 0 aliphatic heterocycles. The number of hydrogen-bond donors (Lipinski definition) is 1. The smallest absolute Gasteiger partial charge is 0.339 e. The van der Waals surface area contributed by atoms with Gasteiger partial charge in [-0.25, -0.2) is 13.6 Å². The Kier molecular flexibility index (Phi) is 5.12. The van der Waals surface area contributed by atoms with Gasteiger partial charge in [0.05, 0.1) is 5.56 Å². The van der Waals surface area contributed by atoms with Crippen LogP contribution in [0.1, 0.15) is 42.2 Å². The molecule has 0 heterocycles. The summed E-state index contributed by atoms with van der Waals surface area (Å²) in [6.07, 6.45) is 0. The molecule has 0 spiro atoms. The maximum Gasteiger partial charge on any atom is 0.339 e. The number of ether oxygens (including phenoxy) is 1. The zero-order valence-electron chi connectivity index (χ0n) is 15.8. The molecule has 1 aliphatic rings. The van der Waals surface area contributed by atoms with Crippen LogP contribution in [-0.4, -0.2) is 30.0 Å². The van der Waals surface area contributed by atoms with Crippen LogP contribution in [0.2, 0.25) is 0 Å². The van der Waals surface area contributed by atoms with E-state index in [1.165, 1.54) is 30.3 Å². The number of carbonyl (C=O) groups is 4. The van der Waals surface area contributed by atoms with Crippen LogP contribution < -0.4 is 5.32 Å². The molecule has 1 amide bonds. The zero-order chi connectivity index (χ0) is 22.1. The molecule has 0 saturated heterocycles. The van der Waals surface area contributed by atoms with Gasteiger partial charge in [-0.2, -0.15) is 0 Å². The fourth-order valence-electron chi connectivity index (χ4n) is 3.32. The van der Waals surface area contributed by atoms with E-state index in [4.69, 9.17) is 4.74 Å². The van der Waals surface area contributed by atoms with E-state index in [0.29, 0.717) is 0 Å². The van der Waals surface area contributed by atoms with Gasteiger partial charge in [0, 0.05) is 22.3 Å². The molecule has 6 nitrogen and oxygen atoms in total. The molecule has 1 N–H and O–H groups in total. The van der Waals surface area contributed by atoms with Gasteiger partial charge in [-0.15, -0.1) is 0 Å². The third-order valence-corrected chi connectivity index (χ3v) is 4.73. The third kappa shape index (κ3) is 3.59. The van der Waals surface area contributed by atoms with Crippen LogP contribution in [0.5, 0.6) is 0 Å². The Morgan fingerprint density at radius 1 is 0.774 bits per heavy atom. The standard InChI is InChI=1S/C23H13F2NO5/c24-16-9-4-10-17(25)20(16)26-18(27)11-31-23(30)15-8-3-7-14-19(15)22(29)13-6-2-1-5-12(13)21(14)28/h1-10H,11H2,(H,26,27). The summed E-state index contributed by atoms with van der Waals surface area (Å²) < 4.78 is 32.2. The SMILES string of the molecule is O=C(COC(=O)c1cccc2c1C(=O)c1ccccc1C2=O)Nc1c(F)cccc1F. The molecular weight excluding hydrogens is 408 g/mol. The van der Waals surface area contributed by atoms with E-state index in [9.17, 15) is 28.0 Å². The lowest BCUT2D eigenvalue weighted by molar-refractivity contribution is -0.119. The molecule has 0 saturated carbocycles. The van der Waals surface area contributed by atoms with E-state index in [1.807, 2.05) is 5.32 Å². The largest absolute Gasteiger partial charge is 0.452 e. The lowest BCUT2D eigenvalue weighted by Crippen LogP contribution is -2.26. The Morgan fingerprint density at radius 2 is 1.35 bits per heavy atom. The number of ketones is 2. The van der Waals surface area contributed by atoms with Gasteiger partial charge < -0.3 is 10.1 Å². The van der Waals surface area contributed by atoms with E-state index >= 15 is 0 Å². The number of para-hydroxylation sites is 1. The fourth-order valence-corrected chi connectivity index (χ4v) is 3.32. The molecule has 0 unspecified atom stereocenters. The summed E-state index contributed by atoms with van der Waals surface area (Å²) in [6.45, 7) is -0.852. The van der Waals surface area contributed by atoms with Gasteiger partial charge in [0.2, 0.25) is 0 Å². The predicted molar refractivity (Wildman–Crippen MR) is 105 cm³/mol. The molecule has 0 atom stereocenters. The van der Waals surface area contributed by atoms with Crippen LogP contribution in [-0.2, 0) is 9.53 Å². The monoisotopic (exact) mass is 421 g/mol. The van der Waals surface area contributed by atoms with Gasteiger partial charge in [0.25, 0.3) is 5.91 Å². The van der Waals surface area contributed by atoms with Gasteiger partial charge in [-0.3, -0.25) is 14.4 Å². The maximum atomic E-state index is 13.6. The molecule has 154 valence electrons. The van der Waals surface area contributed by atoms with Crippen molar-refractivity contribution in [2.45, 2.75) is 0 Å². The number of esters is 1. The van der Waals surface area contributed by atoms with E-state index in [0.717, 1.165) is 18.2 Å². The number of amides is 1. The van der Waals surface area contributed by atoms with E-state index in [-0.39, 0.29) is 27.8 Å². The number of carbonyl (C=O) groups excluding carboxylic acids is 4. The number of halogens is 2. The van der Waals surface area contributed by atoms with Crippen molar-refractivity contribution in [2.24, 2.45) is 0 Å². The fraction of sp³-hybridized carbons (Fsp3) is 0.0435. The Labute approximate surface area is 174 Å². The first-order valence-corrected chi connectivity index (χ1v) is 9.11. The molecule has 4 rings (SSSR count). The van der Waals surface area contributed by atoms with Crippen LogP contribution in [0, 0.1) is 11.6 Å². The van der Waals surface area contributed by atoms with Gasteiger partial charge >= 0.3 is 5.97 Å². The van der Waals surface area contributed by atoms with E-state index in [1.54, 1.807) is 12.1 Å². The highest BCUT2D eigenvalue weighted by Gasteiger charge is 2.33. The predicted octanol–water partition coefficient (Wildman–Crippen LogP) is 3.54. The van der Waals surface area contributed by atoms with Crippen LogP contribution in [0.4, 0.5) is 14.5 Å². The number of hydrogen-bond acceptors (Lipinski definition) is 5. The topological polar surface area (TPSA) is 89.5 Å². The summed E-state index contributed by atoms with van der Waals surface area (Å²) in [4.78, 5) is 50.2. The molecule has 3 aromatic carbocycles. The number of rotatable bonds is 4. The Morgan fingerprint density at radius 3 is 2.03 bits per heavy atom. The molecular formula is C23H13F2NO5. The number of benzene rings is 3. The minimum atomic E-state index is -1.03. The summed E-state index contributed by atoms with van der Waals surface area (Å²) in [5, 5.41) is 1.99. The number of fused-ring (bicyclic) bond motifs is 2. The van der Waals surface area contributed by atoms with Crippen molar-refractivity contribution in [1.82, 2.24) is 0 Å². The average Bonchev–Trinajstić information content (AvgIpc) is 2.78. The second-order valence-corrected chi connectivity index (χ2v) is 6.65. The average molecular weight is 421 g/mol. The van der Waals surface area contributed by atoms with Gasteiger partial charge in [-0.1, -0.05) is 42.5 Å². The molecule has 1 aliphatic carbocycles. The number of nitrogens with one attached hydrogen (secondary N) is 1. The molecule has 8 heteroatoms. The summed E-state index contributed by atoms with van der Waals surface area (Å²) >= 11 is 0. The summed E-state index contributed by atoms with van der Waals surface area (Å²) in [5.41, 5.74) is -0.522. The van der Waals surface area contributed by atoms with Crippen LogP contribution >= 0.6 is 0 Å². The minimum absolute atomic E-state index is 0.0519. The van der Waals surface area contributed by atoms with Gasteiger partial charge in [-0.05, 0) is 18.2 Å². The van der Waals surface area contributed by atoms with Crippen molar-refractivity contribution in [3.63, 3.8) is 0 Å². The first-order valence-electron chi connectivity index (χ1n) is 9.11. The first kappa shape index (κ1) is 20.1. The lowest BCUT2D eigenvalue weighted by atomic mass is 9.82. The first-order chi connectivity index (χ1) is 14.9. The number of anilines is 1. The van der Waals surface area contributed by atoms with E-state index in [2.05, 4.69) is 0 Å². The van der Waals surface area contributed by atoms with Crippen molar-refractivity contribution >= 4 is 29.1 Å². The van der Waals surface area contributed by atoms with E-state index < -0.39 is 47.4 Å².